The van der Waals surface area contributed by atoms with Crippen molar-refractivity contribution in [2.24, 2.45) is 0 Å². The molecule has 0 saturated carbocycles. The predicted molar refractivity (Wildman–Crippen MR) is 67.3 cm³/mol. The number of hydrogen-bond donors (Lipinski definition) is 1. The molecule has 0 aromatic rings. The fourth-order valence-electron chi connectivity index (χ4n) is 2.32. The molecule has 1 saturated heterocycles. The summed E-state index contributed by atoms with van der Waals surface area (Å²) >= 11 is 0. The minimum absolute atomic E-state index is 0.713. The number of likely N-dealkylation sites (tertiary alicyclic amines) is 1. The van der Waals surface area contributed by atoms with E-state index in [1.165, 1.54) is 51.7 Å². The number of piperidine rings is 1. The van der Waals surface area contributed by atoms with E-state index < -0.39 is 0 Å². The lowest BCUT2D eigenvalue weighted by atomic mass is 10.0. The van der Waals surface area contributed by atoms with E-state index in [4.69, 9.17) is 0 Å². The lowest BCUT2D eigenvalue weighted by Crippen LogP contribution is -2.48. The molecule has 0 spiro atoms. The molecule has 1 unspecified atom stereocenters. The molecule has 15 heavy (non-hydrogen) atoms. The van der Waals surface area contributed by atoms with Gasteiger partial charge in [0, 0.05) is 18.6 Å². The van der Waals surface area contributed by atoms with Gasteiger partial charge in [0.15, 0.2) is 0 Å². The lowest BCUT2D eigenvalue weighted by molar-refractivity contribution is 0.154. The molecule has 2 heteroatoms. The second-order valence-electron chi connectivity index (χ2n) is 5.09. The Balaban J connectivity index is 2.13. The van der Waals surface area contributed by atoms with Gasteiger partial charge in [0.25, 0.3) is 0 Å². The fraction of sp³-hybridized carbons (Fsp3) is 1.00. The van der Waals surface area contributed by atoms with E-state index in [1.807, 2.05) is 0 Å². The van der Waals surface area contributed by atoms with E-state index in [1.54, 1.807) is 0 Å². The maximum Gasteiger partial charge on any atom is 0.0195 e. The summed E-state index contributed by atoms with van der Waals surface area (Å²) in [5.41, 5.74) is 0. The Morgan fingerprint density at radius 1 is 1.33 bits per heavy atom. The van der Waals surface area contributed by atoms with Gasteiger partial charge in [0.2, 0.25) is 0 Å². The molecule has 1 atom stereocenters. The molecule has 0 radical (unpaired) electrons. The zero-order chi connectivity index (χ0) is 11.1. The van der Waals surface area contributed by atoms with Crippen molar-refractivity contribution in [1.29, 1.82) is 0 Å². The van der Waals surface area contributed by atoms with Gasteiger partial charge >= 0.3 is 0 Å². The van der Waals surface area contributed by atoms with E-state index in [0.717, 1.165) is 6.04 Å². The van der Waals surface area contributed by atoms with E-state index in [-0.39, 0.29) is 0 Å². The summed E-state index contributed by atoms with van der Waals surface area (Å²) in [4.78, 5) is 2.60. The number of hydrogen-bond acceptors (Lipinski definition) is 2. The first-order chi connectivity index (χ1) is 7.24. The van der Waals surface area contributed by atoms with Crippen molar-refractivity contribution in [3.8, 4) is 0 Å². The Labute approximate surface area is 95.4 Å². The molecule has 1 fully saturated rings. The van der Waals surface area contributed by atoms with E-state index >= 15 is 0 Å². The molecule has 0 aromatic heterocycles. The van der Waals surface area contributed by atoms with E-state index in [0.29, 0.717) is 6.04 Å². The molecule has 1 aliphatic rings. The summed E-state index contributed by atoms with van der Waals surface area (Å²) in [5, 5.41) is 3.70. The maximum atomic E-state index is 3.70. The third-order valence-electron chi connectivity index (χ3n) is 3.40. The average molecular weight is 212 g/mol. The number of nitrogens with zero attached hydrogens (tertiary/aromatic N) is 1. The summed E-state index contributed by atoms with van der Waals surface area (Å²) in [7, 11) is 0. The third kappa shape index (κ3) is 4.98. The van der Waals surface area contributed by atoms with Gasteiger partial charge in [0.05, 0.1) is 0 Å². The molecule has 0 aliphatic carbocycles. The van der Waals surface area contributed by atoms with Gasteiger partial charge in [-0.2, -0.15) is 0 Å². The number of nitrogens with one attached hydrogen (secondary N) is 1. The molecule has 1 rings (SSSR count). The van der Waals surface area contributed by atoms with E-state index in [2.05, 4.69) is 31.0 Å². The Morgan fingerprint density at radius 3 is 2.80 bits per heavy atom. The molecule has 1 heterocycles. The van der Waals surface area contributed by atoms with Crippen LogP contribution in [-0.2, 0) is 0 Å². The fourth-order valence-corrected chi connectivity index (χ4v) is 2.32. The minimum Gasteiger partial charge on any atom is -0.313 e. The van der Waals surface area contributed by atoms with Crippen LogP contribution in [0.2, 0.25) is 0 Å². The highest BCUT2D eigenvalue weighted by atomic mass is 15.2. The van der Waals surface area contributed by atoms with Gasteiger partial charge in [-0.1, -0.05) is 19.8 Å². The van der Waals surface area contributed by atoms with Gasteiger partial charge in [-0.15, -0.1) is 0 Å². The third-order valence-corrected chi connectivity index (χ3v) is 3.40. The van der Waals surface area contributed by atoms with Gasteiger partial charge < -0.3 is 5.32 Å². The standard InChI is InChI=1S/C13H28N2/c1-4-5-6-9-14-13-8-7-10-15(11-13)12(2)3/h12-14H,4-11H2,1-3H3. The molecule has 0 amide bonds. The van der Waals surface area contributed by atoms with Crippen LogP contribution in [0.3, 0.4) is 0 Å². The molecule has 90 valence electrons. The van der Waals surface area contributed by atoms with Crippen LogP contribution in [0.5, 0.6) is 0 Å². The first kappa shape index (κ1) is 13.0. The number of rotatable bonds is 6. The Morgan fingerprint density at radius 2 is 2.13 bits per heavy atom. The molecule has 1 N–H and O–H groups in total. The summed E-state index contributed by atoms with van der Waals surface area (Å²) in [6, 6.07) is 1.46. The first-order valence-corrected chi connectivity index (χ1v) is 6.71. The summed E-state index contributed by atoms with van der Waals surface area (Å²) in [6.07, 6.45) is 6.77. The number of unbranched alkanes of at least 4 members (excludes halogenated alkanes) is 2. The van der Waals surface area contributed by atoms with Crippen LogP contribution >= 0.6 is 0 Å². The van der Waals surface area contributed by atoms with Gasteiger partial charge in [-0.25, -0.2) is 0 Å². The van der Waals surface area contributed by atoms with Crippen molar-refractivity contribution >= 4 is 0 Å². The second-order valence-corrected chi connectivity index (χ2v) is 5.09. The zero-order valence-electron chi connectivity index (χ0n) is 10.8. The van der Waals surface area contributed by atoms with Crippen LogP contribution in [0, 0.1) is 0 Å². The van der Waals surface area contributed by atoms with Crippen LogP contribution in [-0.4, -0.2) is 36.6 Å². The lowest BCUT2D eigenvalue weighted by Gasteiger charge is -2.35. The second kappa shape index (κ2) is 7.24. The molecule has 0 bridgehead atoms. The van der Waals surface area contributed by atoms with Gasteiger partial charge in [-0.3, -0.25) is 4.90 Å². The van der Waals surface area contributed by atoms with Crippen molar-refractivity contribution in [2.75, 3.05) is 19.6 Å². The summed E-state index contributed by atoms with van der Waals surface area (Å²) in [6.45, 7) is 10.6. The van der Waals surface area contributed by atoms with Crippen LogP contribution in [0.1, 0.15) is 52.9 Å². The Hall–Kier alpha value is -0.0800. The summed E-state index contributed by atoms with van der Waals surface area (Å²) in [5.74, 6) is 0. The van der Waals surface area contributed by atoms with Crippen LogP contribution in [0.25, 0.3) is 0 Å². The average Bonchev–Trinajstić information content (AvgIpc) is 2.25. The van der Waals surface area contributed by atoms with E-state index in [9.17, 15) is 0 Å². The first-order valence-electron chi connectivity index (χ1n) is 6.71. The SMILES string of the molecule is CCCCCNC1CCCN(C(C)C)C1. The predicted octanol–water partition coefficient (Wildman–Crippen LogP) is 2.64. The van der Waals surface area contributed by atoms with Crippen molar-refractivity contribution in [3.63, 3.8) is 0 Å². The smallest absolute Gasteiger partial charge is 0.0195 e. The Bertz CT molecular complexity index is 157. The van der Waals surface area contributed by atoms with Crippen molar-refractivity contribution < 1.29 is 0 Å². The molecular weight excluding hydrogens is 184 g/mol. The molecule has 0 aromatic carbocycles. The summed E-state index contributed by atoms with van der Waals surface area (Å²) < 4.78 is 0. The largest absolute Gasteiger partial charge is 0.313 e. The quantitative estimate of drug-likeness (QED) is 0.681. The van der Waals surface area contributed by atoms with Gasteiger partial charge in [-0.05, 0) is 46.2 Å². The minimum atomic E-state index is 0.713. The highest BCUT2D eigenvalue weighted by Crippen LogP contribution is 2.12. The normalized spacial score (nSPS) is 23.6. The van der Waals surface area contributed by atoms with Crippen LogP contribution in [0.4, 0.5) is 0 Å². The highest BCUT2D eigenvalue weighted by Gasteiger charge is 2.20. The van der Waals surface area contributed by atoms with Crippen molar-refractivity contribution in [3.05, 3.63) is 0 Å². The maximum absolute atomic E-state index is 3.70. The van der Waals surface area contributed by atoms with Crippen molar-refractivity contribution in [1.82, 2.24) is 10.2 Å². The molecule has 1 aliphatic heterocycles. The monoisotopic (exact) mass is 212 g/mol. The van der Waals surface area contributed by atoms with Crippen molar-refractivity contribution in [2.45, 2.75) is 65.0 Å². The topological polar surface area (TPSA) is 15.3 Å². The van der Waals surface area contributed by atoms with Gasteiger partial charge in [0.1, 0.15) is 0 Å². The molecule has 2 nitrogen and oxygen atoms in total. The highest BCUT2D eigenvalue weighted by molar-refractivity contribution is 4.79. The zero-order valence-corrected chi connectivity index (χ0v) is 10.8. The Kier molecular flexibility index (Phi) is 6.26. The van der Waals surface area contributed by atoms with Crippen LogP contribution in [0.15, 0.2) is 0 Å². The van der Waals surface area contributed by atoms with Crippen LogP contribution < -0.4 is 5.32 Å². The molecular formula is C13H28N2.